The van der Waals surface area contributed by atoms with E-state index in [0.29, 0.717) is 13.1 Å². The zero-order valence-corrected chi connectivity index (χ0v) is 17.6. The molecule has 1 aromatic carbocycles. The Morgan fingerprint density at radius 1 is 1.18 bits per heavy atom. The van der Waals surface area contributed by atoms with E-state index in [-0.39, 0.29) is 30.5 Å². The van der Waals surface area contributed by atoms with Crippen LogP contribution in [0.5, 0.6) is 0 Å². The Labute approximate surface area is 168 Å². The van der Waals surface area contributed by atoms with Crippen LogP contribution in [-0.4, -0.2) is 41.8 Å². The van der Waals surface area contributed by atoms with Gasteiger partial charge in [0.2, 0.25) is 0 Å². The van der Waals surface area contributed by atoms with Crippen LogP contribution in [0, 0.1) is 5.92 Å². The number of carbonyl (C=O) groups is 2. The average molecular weight is 388 g/mol. The van der Waals surface area contributed by atoms with Crippen molar-refractivity contribution in [2.45, 2.75) is 65.1 Å². The number of hydrogen-bond donors (Lipinski definition) is 0. The summed E-state index contributed by atoms with van der Waals surface area (Å²) in [7, 11) is 0. The molecule has 2 rings (SSSR count). The summed E-state index contributed by atoms with van der Waals surface area (Å²) >= 11 is 0. The van der Waals surface area contributed by atoms with E-state index in [2.05, 4.69) is 6.58 Å². The van der Waals surface area contributed by atoms with E-state index in [1.165, 1.54) is 0 Å². The SMILES string of the molecule is C=C(CC)[C@H](OC(=O)Cc1ccccc1)C1CCN(C(=O)OC(C)(C)C)CC1. The Morgan fingerprint density at radius 3 is 2.32 bits per heavy atom. The van der Waals surface area contributed by atoms with Gasteiger partial charge < -0.3 is 14.4 Å². The molecule has 0 N–H and O–H groups in total. The Hall–Kier alpha value is -2.30. The van der Waals surface area contributed by atoms with Crippen molar-refractivity contribution >= 4 is 12.1 Å². The highest BCUT2D eigenvalue weighted by molar-refractivity contribution is 5.73. The second-order valence-electron chi connectivity index (χ2n) is 8.39. The number of hydrogen-bond acceptors (Lipinski definition) is 4. The van der Waals surface area contributed by atoms with Gasteiger partial charge in [-0.15, -0.1) is 0 Å². The number of ether oxygens (including phenoxy) is 2. The fraction of sp³-hybridized carbons (Fsp3) is 0.565. The zero-order valence-electron chi connectivity index (χ0n) is 17.6. The highest BCUT2D eigenvalue weighted by Gasteiger charge is 2.33. The summed E-state index contributed by atoms with van der Waals surface area (Å²) in [5.74, 6) is -0.0637. The molecule has 1 saturated heterocycles. The molecule has 1 atom stereocenters. The first-order valence-corrected chi connectivity index (χ1v) is 10.1. The van der Waals surface area contributed by atoms with Crippen LogP contribution in [0.3, 0.4) is 0 Å². The standard InChI is InChI=1S/C23H33NO4/c1-6-17(2)21(27-20(25)16-18-10-8-7-9-11-18)19-12-14-24(15-13-19)22(26)28-23(3,4)5/h7-11,19,21H,2,6,12-16H2,1,3-5H3/t21-/m0/s1. The number of carbonyl (C=O) groups excluding carboxylic acids is 2. The van der Waals surface area contributed by atoms with E-state index in [0.717, 1.165) is 30.4 Å². The maximum absolute atomic E-state index is 12.5. The molecule has 1 fully saturated rings. The Morgan fingerprint density at radius 2 is 1.79 bits per heavy atom. The minimum Gasteiger partial charge on any atom is -0.457 e. The van der Waals surface area contributed by atoms with Gasteiger partial charge in [-0.3, -0.25) is 4.79 Å². The summed E-state index contributed by atoms with van der Waals surface area (Å²) in [5, 5.41) is 0. The Bertz CT molecular complexity index is 670. The van der Waals surface area contributed by atoms with Gasteiger partial charge in [0.05, 0.1) is 6.42 Å². The van der Waals surface area contributed by atoms with E-state index in [9.17, 15) is 9.59 Å². The van der Waals surface area contributed by atoms with Gasteiger partial charge in [0.1, 0.15) is 11.7 Å². The zero-order chi connectivity index (χ0) is 20.7. The molecule has 0 unspecified atom stereocenters. The number of piperidine rings is 1. The van der Waals surface area contributed by atoms with E-state index >= 15 is 0 Å². The molecule has 0 bridgehead atoms. The van der Waals surface area contributed by atoms with Crippen LogP contribution in [0.15, 0.2) is 42.5 Å². The first kappa shape index (κ1) is 22.0. The number of rotatable bonds is 6. The molecule has 1 aliphatic heterocycles. The third-order valence-corrected chi connectivity index (χ3v) is 4.93. The number of nitrogens with zero attached hydrogens (tertiary/aromatic N) is 1. The van der Waals surface area contributed by atoms with Crippen LogP contribution >= 0.6 is 0 Å². The molecular weight excluding hydrogens is 354 g/mol. The molecule has 1 aliphatic rings. The fourth-order valence-electron chi connectivity index (χ4n) is 3.37. The van der Waals surface area contributed by atoms with Crippen LogP contribution in [0.2, 0.25) is 0 Å². The van der Waals surface area contributed by atoms with Crippen molar-refractivity contribution in [1.29, 1.82) is 0 Å². The number of esters is 1. The van der Waals surface area contributed by atoms with Crippen molar-refractivity contribution in [2.24, 2.45) is 5.92 Å². The van der Waals surface area contributed by atoms with Gasteiger partial charge in [0.15, 0.2) is 0 Å². The van der Waals surface area contributed by atoms with E-state index in [1.807, 2.05) is 58.0 Å². The van der Waals surface area contributed by atoms with Crippen LogP contribution in [0.25, 0.3) is 0 Å². The van der Waals surface area contributed by atoms with Gasteiger partial charge in [-0.05, 0) is 51.2 Å². The summed E-state index contributed by atoms with van der Waals surface area (Å²) in [6.07, 6.45) is 1.96. The topological polar surface area (TPSA) is 55.8 Å². The molecule has 5 heteroatoms. The lowest BCUT2D eigenvalue weighted by atomic mass is 9.87. The van der Waals surface area contributed by atoms with Crippen LogP contribution in [-0.2, 0) is 20.7 Å². The molecule has 0 saturated carbocycles. The fourth-order valence-corrected chi connectivity index (χ4v) is 3.37. The van der Waals surface area contributed by atoms with Crippen LogP contribution in [0.1, 0.15) is 52.5 Å². The van der Waals surface area contributed by atoms with Gasteiger partial charge in [-0.25, -0.2) is 4.79 Å². The quantitative estimate of drug-likeness (QED) is 0.522. The second kappa shape index (κ2) is 9.76. The molecule has 1 amide bonds. The van der Waals surface area contributed by atoms with Crippen molar-refractivity contribution in [3.63, 3.8) is 0 Å². The largest absolute Gasteiger partial charge is 0.457 e. The third kappa shape index (κ3) is 6.70. The molecule has 1 heterocycles. The highest BCUT2D eigenvalue weighted by Crippen LogP contribution is 2.29. The number of likely N-dealkylation sites (tertiary alicyclic amines) is 1. The minimum atomic E-state index is -0.500. The number of amides is 1. The summed E-state index contributed by atoms with van der Waals surface area (Å²) in [6.45, 7) is 13.0. The smallest absolute Gasteiger partial charge is 0.410 e. The predicted octanol–water partition coefficient (Wildman–Crippen LogP) is 4.75. The van der Waals surface area contributed by atoms with Gasteiger partial charge in [0, 0.05) is 19.0 Å². The normalized spacial score (nSPS) is 16.4. The first-order chi connectivity index (χ1) is 13.2. The maximum atomic E-state index is 12.5. The van der Waals surface area contributed by atoms with Crippen molar-refractivity contribution in [2.75, 3.05) is 13.1 Å². The first-order valence-electron chi connectivity index (χ1n) is 10.1. The monoisotopic (exact) mass is 387 g/mol. The van der Waals surface area contributed by atoms with Gasteiger partial charge in [-0.2, -0.15) is 0 Å². The van der Waals surface area contributed by atoms with E-state index in [4.69, 9.17) is 9.47 Å². The van der Waals surface area contributed by atoms with Crippen molar-refractivity contribution in [1.82, 2.24) is 4.90 Å². The van der Waals surface area contributed by atoms with E-state index in [1.54, 1.807) is 4.90 Å². The molecule has 0 aliphatic carbocycles. The molecule has 5 nitrogen and oxygen atoms in total. The number of benzene rings is 1. The molecular formula is C23H33NO4. The molecule has 154 valence electrons. The molecule has 0 spiro atoms. The summed E-state index contributed by atoms with van der Waals surface area (Å²) in [5.41, 5.74) is 1.37. The van der Waals surface area contributed by atoms with Crippen molar-refractivity contribution < 1.29 is 19.1 Å². The predicted molar refractivity (Wildman–Crippen MR) is 110 cm³/mol. The van der Waals surface area contributed by atoms with Crippen LogP contribution in [0.4, 0.5) is 4.79 Å². The molecule has 28 heavy (non-hydrogen) atoms. The summed E-state index contributed by atoms with van der Waals surface area (Å²) < 4.78 is 11.3. The van der Waals surface area contributed by atoms with E-state index < -0.39 is 5.60 Å². The molecule has 1 aromatic rings. The van der Waals surface area contributed by atoms with Crippen LogP contribution < -0.4 is 0 Å². The highest BCUT2D eigenvalue weighted by atomic mass is 16.6. The van der Waals surface area contributed by atoms with Gasteiger partial charge >= 0.3 is 12.1 Å². The summed E-state index contributed by atoms with van der Waals surface area (Å²) in [6, 6.07) is 9.60. The third-order valence-electron chi connectivity index (χ3n) is 4.93. The summed E-state index contributed by atoms with van der Waals surface area (Å²) in [4.78, 5) is 26.5. The Balaban J connectivity index is 1.94. The average Bonchev–Trinajstić information content (AvgIpc) is 2.65. The Kier molecular flexibility index (Phi) is 7.67. The lowest BCUT2D eigenvalue weighted by Crippen LogP contribution is -2.44. The lowest BCUT2D eigenvalue weighted by Gasteiger charge is -2.37. The molecule has 0 radical (unpaired) electrons. The van der Waals surface area contributed by atoms with Crippen molar-refractivity contribution in [3.05, 3.63) is 48.0 Å². The van der Waals surface area contributed by atoms with Gasteiger partial charge in [-0.1, -0.05) is 43.8 Å². The maximum Gasteiger partial charge on any atom is 0.410 e. The van der Waals surface area contributed by atoms with Gasteiger partial charge in [0.25, 0.3) is 0 Å². The molecule has 0 aromatic heterocycles. The van der Waals surface area contributed by atoms with Crippen molar-refractivity contribution in [3.8, 4) is 0 Å². The minimum absolute atomic E-state index is 0.172. The lowest BCUT2D eigenvalue weighted by molar-refractivity contribution is -0.149. The second-order valence-corrected chi connectivity index (χ2v) is 8.39.